The standard InChI is InChI=1S/C20H15FN2OS/c21-14-9-7-13(8-10-14)20-23-17(15-4-1-2-5-18(15)24-20)12-16(22-23)19-6-3-11-25-19/h1-11,17,20H,12H2/t17-,20-/m0/s1. The Balaban J connectivity index is 1.60. The van der Waals surface area contributed by atoms with E-state index in [9.17, 15) is 4.39 Å². The molecule has 0 bridgehead atoms. The molecule has 0 amide bonds. The first-order valence-corrected chi connectivity index (χ1v) is 9.08. The quantitative estimate of drug-likeness (QED) is 0.640. The van der Waals surface area contributed by atoms with Crippen molar-refractivity contribution >= 4 is 17.0 Å². The Morgan fingerprint density at radius 2 is 1.88 bits per heavy atom. The summed E-state index contributed by atoms with van der Waals surface area (Å²) in [6.45, 7) is 0. The van der Waals surface area contributed by atoms with Gasteiger partial charge in [0.15, 0.2) is 0 Å². The predicted octanol–water partition coefficient (Wildman–Crippen LogP) is 5.13. The van der Waals surface area contributed by atoms with E-state index >= 15 is 0 Å². The number of para-hydroxylation sites is 1. The van der Waals surface area contributed by atoms with Crippen LogP contribution in [0, 0.1) is 5.82 Å². The van der Waals surface area contributed by atoms with Crippen LogP contribution in [-0.2, 0) is 0 Å². The van der Waals surface area contributed by atoms with Crippen LogP contribution in [-0.4, -0.2) is 10.7 Å². The number of fused-ring (bicyclic) bond motifs is 3. The first kappa shape index (κ1) is 14.7. The lowest BCUT2D eigenvalue weighted by Gasteiger charge is -2.38. The van der Waals surface area contributed by atoms with Crippen LogP contribution in [0.4, 0.5) is 4.39 Å². The minimum absolute atomic E-state index is 0.136. The molecule has 0 saturated heterocycles. The fraction of sp³-hybridized carbons (Fsp3) is 0.150. The molecule has 0 saturated carbocycles. The fourth-order valence-electron chi connectivity index (χ4n) is 3.47. The van der Waals surface area contributed by atoms with Crippen molar-refractivity contribution in [3.05, 3.63) is 87.9 Å². The largest absolute Gasteiger partial charge is 0.464 e. The highest BCUT2D eigenvalue weighted by atomic mass is 32.1. The van der Waals surface area contributed by atoms with E-state index in [0.29, 0.717) is 0 Å². The minimum atomic E-state index is -0.349. The van der Waals surface area contributed by atoms with E-state index in [-0.39, 0.29) is 18.1 Å². The van der Waals surface area contributed by atoms with Gasteiger partial charge in [0.25, 0.3) is 0 Å². The zero-order valence-electron chi connectivity index (χ0n) is 13.3. The van der Waals surface area contributed by atoms with Gasteiger partial charge in [0.1, 0.15) is 11.6 Å². The van der Waals surface area contributed by atoms with Crippen LogP contribution in [0.5, 0.6) is 5.75 Å². The number of rotatable bonds is 2. The van der Waals surface area contributed by atoms with Gasteiger partial charge in [-0.05, 0) is 29.6 Å². The van der Waals surface area contributed by atoms with Gasteiger partial charge in [0.05, 0.1) is 16.6 Å². The molecule has 5 heteroatoms. The summed E-state index contributed by atoms with van der Waals surface area (Å²) in [5.74, 6) is 0.626. The van der Waals surface area contributed by atoms with Gasteiger partial charge < -0.3 is 4.74 Å². The van der Waals surface area contributed by atoms with Crippen molar-refractivity contribution in [3.63, 3.8) is 0 Å². The average molecular weight is 350 g/mol. The lowest BCUT2D eigenvalue weighted by molar-refractivity contribution is -0.0190. The average Bonchev–Trinajstić information content (AvgIpc) is 3.31. The molecule has 3 heterocycles. The number of ether oxygens (including phenoxy) is 1. The lowest BCUT2D eigenvalue weighted by atomic mass is 9.98. The van der Waals surface area contributed by atoms with Gasteiger partial charge in [0.2, 0.25) is 6.23 Å². The fourth-order valence-corrected chi connectivity index (χ4v) is 4.19. The zero-order valence-corrected chi connectivity index (χ0v) is 14.1. The number of hydrogen-bond donors (Lipinski definition) is 0. The van der Waals surface area contributed by atoms with E-state index in [1.165, 1.54) is 17.0 Å². The summed E-state index contributed by atoms with van der Waals surface area (Å²) in [5, 5.41) is 8.96. The summed E-state index contributed by atoms with van der Waals surface area (Å²) in [5.41, 5.74) is 3.13. The van der Waals surface area contributed by atoms with Crippen LogP contribution >= 0.6 is 11.3 Å². The molecule has 0 aliphatic carbocycles. The summed E-state index contributed by atoms with van der Waals surface area (Å²) in [7, 11) is 0. The molecule has 3 aromatic rings. The monoisotopic (exact) mass is 350 g/mol. The number of hydrazone groups is 1. The smallest absolute Gasteiger partial charge is 0.213 e. The van der Waals surface area contributed by atoms with Gasteiger partial charge in [-0.15, -0.1) is 11.3 Å². The predicted molar refractivity (Wildman–Crippen MR) is 96.3 cm³/mol. The molecule has 2 aliphatic rings. The van der Waals surface area contributed by atoms with Crippen molar-refractivity contribution in [1.82, 2.24) is 5.01 Å². The van der Waals surface area contributed by atoms with Crippen LogP contribution in [0.2, 0.25) is 0 Å². The van der Waals surface area contributed by atoms with Gasteiger partial charge in [-0.25, -0.2) is 9.40 Å². The van der Waals surface area contributed by atoms with Gasteiger partial charge >= 0.3 is 0 Å². The third-order valence-corrected chi connectivity index (χ3v) is 5.58. The minimum Gasteiger partial charge on any atom is -0.464 e. The number of nitrogens with zero attached hydrogens (tertiary/aromatic N) is 2. The second-order valence-electron chi connectivity index (χ2n) is 6.18. The van der Waals surface area contributed by atoms with Crippen LogP contribution in [0.15, 0.2) is 71.1 Å². The molecule has 25 heavy (non-hydrogen) atoms. The molecule has 0 fully saturated rings. The van der Waals surface area contributed by atoms with Gasteiger partial charge in [-0.1, -0.05) is 36.4 Å². The van der Waals surface area contributed by atoms with Crippen LogP contribution < -0.4 is 4.74 Å². The molecule has 5 rings (SSSR count). The molecule has 3 nitrogen and oxygen atoms in total. The summed E-state index contributed by atoms with van der Waals surface area (Å²) >= 11 is 1.70. The molecule has 124 valence electrons. The zero-order chi connectivity index (χ0) is 16.8. The molecule has 2 aromatic carbocycles. The summed E-state index contributed by atoms with van der Waals surface area (Å²) < 4.78 is 19.6. The molecular weight excluding hydrogens is 335 g/mol. The maximum absolute atomic E-state index is 13.3. The second kappa shape index (κ2) is 5.70. The maximum atomic E-state index is 13.3. The van der Waals surface area contributed by atoms with E-state index in [4.69, 9.17) is 9.84 Å². The van der Waals surface area contributed by atoms with Crippen LogP contribution in [0.3, 0.4) is 0 Å². The maximum Gasteiger partial charge on any atom is 0.213 e. The summed E-state index contributed by atoms with van der Waals surface area (Å²) in [4.78, 5) is 1.18. The summed E-state index contributed by atoms with van der Waals surface area (Å²) in [6.07, 6.45) is 0.497. The first-order valence-electron chi connectivity index (χ1n) is 8.20. The first-order chi connectivity index (χ1) is 12.3. The molecule has 0 radical (unpaired) electrons. The van der Waals surface area contributed by atoms with E-state index in [2.05, 4.69) is 17.5 Å². The number of hydrogen-bond acceptors (Lipinski definition) is 4. The SMILES string of the molecule is Fc1ccc([C@@H]2Oc3ccccc3[C@@H]3CC(c4cccs4)=NN32)cc1. The number of thiophene rings is 1. The van der Waals surface area contributed by atoms with Crippen molar-refractivity contribution in [2.75, 3.05) is 0 Å². The van der Waals surface area contributed by atoms with Crippen LogP contribution in [0.1, 0.15) is 34.7 Å². The molecule has 0 N–H and O–H groups in total. The number of benzene rings is 2. The Bertz CT molecular complexity index is 937. The highest BCUT2D eigenvalue weighted by Gasteiger charge is 2.40. The Hall–Kier alpha value is -2.66. The Kier molecular flexibility index (Phi) is 3.35. The normalized spacial score (nSPS) is 21.3. The van der Waals surface area contributed by atoms with Crippen molar-refractivity contribution in [2.45, 2.75) is 18.7 Å². The van der Waals surface area contributed by atoms with Crippen molar-refractivity contribution in [3.8, 4) is 5.75 Å². The van der Waals surface area contributed by atoms with E-state index in [1.54, 1.807) is 23.5 Å². The van der Waals surface area contributed by atoms with Gasteiger partial charge in [-0.2, -0.15) is 5.10 Å². The van der Waals surface area contributed by atoms with Crippen LogP contribution in [0.25, 0.3) is 0 Å². The topological polar surface area (TPSA) is 24.8 Å². The molecule has 2 atom stereocenters. The highest BCUT2D eigenvalue weighted by Crippen LogP contribution is 2.47. The van der Waals surface area contributed by atoms with Crippen molar-refractivity contribution in [1.29, 1.82) is 0 Å². The second-order valence-corrected chi connectivity index (χ2v) is 7.13. The van der Waals surface area contributed by atoms with E-state index < -0.39 is 0 Å². The third-order valence-electron chi connectivity index (χ3n) is 4.66. The highest BCUT2D eigenvalue weighted by molar-refractivity contribution is 7.12. The van der Waals surface area contributed by atoms with Gasteiger partial charge in [0, 0.05) is 17.5 Å². The lowest BCUT2D eigenvalue weighted by Crippen LogP contribution is -2.33. The Labute approximate surface area is 149 Å². The number of halogens is 1. The Morgan fingerprint density at radius 1 is 1.04 bits per heavy atom. The molecule has 0 unspecified atom stereocenters. The van der Waals surface area contributed by atoms with Crippen molar-refractivity contribution in [2.24, 2.45) is 5.10 Å². The molecule has 0 spiro atoms. The van der Waals surface area contributed by atoms with E-state index in [0.717, 1.165) is 29.0 Å². The molecular formula is C20H15FN2OS. The molecule has 2 aliphatic heterocycles. The Morgan fingerprint density at radius 3 is 2.68 bits per heavy atom. The summed E-state index contributed by atoms with van der Waals surface area (Å²) in [6, 6.07) is 18.8. The van der Waals surface area contributed by atoms with Crippen molar-refractivity contribution < 1.29 is 9.13 Å². The molecule has 1 aromatic heterocycles. The van der Waals surface area contributed by atoms with Gasteiger partial charge in [-0.3, -0.25) is 0 Å². The third kappa shape index (κ3) is 2.43. The van der Waals surface area contributed by atoms with E-state index in [1.807, 2.05) is 29.3 Å².